The van der Waals surface area contributed by atoms with Gasteiger partial charge in [-0.2, -0.15) is 0 Å². The van der Waals surface area contributed by atoms with Gasteiger partial charge in [0, 0.05) is 15.7 Å². The van der Waals surface area contributed by atoms with Crippen LogP contribution in [0.3, 0.4) is 0 Å². The third kappa shape index (κ3) is 5.10. The predicted octanol–water partition coefficient (Wildman–Crippen LogP) is 2.90. The van der Waals surface area contributed by atoms with Gasteiger partial charge in [0.05, 0.1) is 0 Å². The summed E-state index contributed by atoms with van der Waals surface area (Å²) in [5, 5.41) is 3.00. The summed E-state index contributed by atoms with van der Waals surface area (Å²) in [6.45, 7) is 4.32. The third-order valence-corrected chi connectivity index (χ3v) is 4.14. The van der Waals surface area contributed by atoms with E-state index in [1.807, 2.05) is 24.3 Å². The fourth-order valence-electron chi connectivity index (χ4n) is 2.42. The first-order valence-electron chi connectivity index (χ1n) is 7.02. The zero-order valence-corrected chi connectivity index (χ0v) is 13.4. The van der Waals surface area contributed by atoms with Gasteiger partial charge in [-0.1, -0.05) is 12.5 Å². The van der Waals surface area contributed by atoms with E-state index in [1.165, 1.54) is 32.4 Å². The summed E-state index contributed by atoms with van der Waals surface area (Å²) in [4.78, 5) is 14.4. The molecular formula is C15H21IN2O. The first-order chi connectivity index (χ1) is 9.25. The molecule has 4 heteroatoms. The highest BCUT2D eigenvalue weighted by Crippen LogP contribution is 2.09. The van der Waals surface area contributed by atoms with Crippen molar-refractivity contribution in [1.29, 1.82) is 0 Å². The summed E-state index contributed by atoms with van der Waals surface area (Å²) < 4.78 is 1.10. The van der Waals surface area contributed by atoms with Crippen LogP contribution in [0.5, 0.6) is 0 Å². The van der Waals surface area contributed by atoms with E-state index < -0.39 is 0 Å². The van der Waals surface area contributed by atoms with Gasteiger partial charge in [0.15, 0.2) is 0 Å². The highest BCUT2D eigenvalue weighted by atomic mass is 127. The Balaban J connectivity index is 1.66. The fraction of sp³-hybridized carbons (Fsp3) is 0.533. The third-order valence-electron chi connectivity index (χ3n) is 3.47. The topological polar surface area (TPSA) is 32.3 Å². The van der Waals surface area contributed by atoms with Crippen LogP contribution in [-0.2, 0) is 0 Å². The Morgan fingerprint density at radius 3 is 2.79 bits per heavy atom. The number of hydrogen-bond acceptors (Lipinski definition) is 2. The van der Waals surface area contributed by atoms with Crippen molar-refractivity contribution >= 4 is 28.5 Å². The molecule has 0 bridgehead atoms. The van der Waals surface area contributed by atoms with Crippen LogP contribution in [0.4, 0.5) is 0 Å². The van der Waals surface area contributed by atoms with Crippen molar-refractivity contribution in [2.24, 2.45) is 0 Å². The molecular weight excluding hydrogens is 351 g/mol. The summed E-state index contributed by atoms with van der Waals surface area (Å²) in [5.74, 6) is 0.0390. The molecule has 0 spiro atoms. The molecule has 1 heterocycles. The second-order valence-electron chi connectivity index (χ2n) is 5.02. The molecule has 1 fully saturated rings. The van der Waals surface area contributed by atoms with Crippen molar-refractivity contribution in [2.45, 2.75) is 25.7 Å². The van der Waals surface area contributed by atoms with E-state index >= 15 is 0 Å². The molecule has 3 nitrogen and oxygen atoms in total. The minimum Gasteiger partial charge on any atom is -0.352 e. The molecule has 1 aromatic carbocycles. The average Bonchev–Trinajstić information content (AvgIpc) is 2.44. The lowest BCUT2D eigenvalue weighted by Gasteiger charge is -2.26. The summed E-state index contributed by atoms with van der Waals surface area (Å²) >= 11 is 2.23. The monoisotopic (exact) mass is 372 g/mol. The van der Waals surface area contributed by atoms with Crippen molar-refractivity contribution in [1.82, 2.24) is 10.2 Å². The van der Waals surface area contributed by atoms with E-state index in [1.54, 1.807) is 0 Å². The van der Waals surface area contributed by atoms with Gasteiger partial charge in [0.2, 0.25) is 0 Å². The number of carbonyl (C=O) groups excluding carboxylic acids is 1. The number of likely N-dealkylation sites (tertiary alicyclic amines) is 1. The molecule has 0 unspecified atom stereocenters. The van der Waals surface area contributed by atoms with Crippen molar-refractivity contribution in [2.75, 3.05) is 26.2 Å². The van der Waals surface area contributed by atoms with E-state index in [-0.39, 0.29) is 5.91 Å². The lowest BCUT2D eigenvalue weighted by molar-refractivity contribution is 0.0951. The zero-order valence-electron chi connectivity index (χ0n) is 11.2. The van der Waals surface area contributed by atoms with E-state index in [0.29, 0.717) is 0 Å². The van der Waals surface area contributed by atoms with E-state index in [0.717, 1.165) is 28.6 Å². The minimum atomic E-state index is 0.0390. The molecule has 104 valence electrons. The molecule has 2 rings (SSSR count). The Bertz CT molecular complexity index is 416. The van der Waals surface area contributed by atoms with Crippen molar-refractivity contribution in [3.63, 3.8) is 0 Å². The summed E-state index contributed by atoms with van der Waals surface area (Å²) in [6, 6.07) is 7.70. The van der Waals surface area contributed by atoms with Gasteiger partial charge in [0.1, 0.15) is 0 Å². The zero-order chi connectivity index (χ0) is 13.5. The molecule has 0 saturated carbocycles. The number of nitrogens with one attached hydrogen (secondary N) is 1. The Hall–Kier alpha value is -0.620. The number of halogens is 1. The van der Waals surface area contributed by atoms with Crippen LogP contribution in [0.2, 0.25) is 0 Å². The molecule has 1 saturated heterocycles. The maximum absolute atomic E-state index is 11.9. The summed E-state index contributed by atoms with van der Waals surface area (Å²) in [7, 11) is 0. The van der Waals surface area contributed by atoms with Crippen LogP contribution >= 0.6 is 22.6 Å². The lowest BCUT2D eigenvalue weighted by atomic mass is 10.1. The summed E-state index contributed by atoms with van der Waals surface area (Å²) in [5.41, 5.74) is 0.755. The average molecular weight is 372 g/mol. The predicted molar refractivity (Wildman–Crippen MR) is 86.4 cm³/mol. The number of rotatable bonds is 5. The molecule has 0 atom stereocenters. The van der Waals surface area contributed by atoms with Gasteiger partial charge in [0.25, 0.3) is 5.91 Å². The van der Waals surface area contributed by atoms with Gasteiger partial charge >= 0.3 is 0 Å². The Morgan fingerprint density at radius 1 is 1.26 bits per heavy atom. The second kappa shape index (κ2) is 7.85. The number of piperidine rings is 1. The first-order valence-corrected chi connectivity index (χ1v) is 8.10. The fourth-order valence-corrected chi connectivity index (χ4v) is 2.96. The molecule has 19 heavy (non-hydrogen) atoms. The second-order valence-corrected chi connectivity index (χ2v) is 6.27. The maximum Gasteiger partial charge on any atom is 0.251 e. The van der Waals surface area contributed by atoms with E-state index in [4.69, 9.17) is 0 Å². The lowest BCUT2D eigenvalue weighted by Crippen LogP contribution is -2.33. The molecule has 0 aliphatic carbocycles. The van der Waals surface area contributed by atoms with Crippen molar-refractivity contribution in [3.8, 4) is 0 Å². The highest BCUT2D eigenvalue weighted by molar-refractivity contribution is 14.1. The molecule has 1 N–H and O–H groups in total. The molecule has 0 radical (unpaired) electrons. The number of amides is 1. The normalized spacial score (nSPS) is 16.3. The van der Waals surface area contributed by atoms with Crippen molar-refractivity contribution in [3.05, 3.63) is 33.4 Å². The van der Waals surface area contributed by atoms with Gasteiger partial charge < -0.3 is 10.2 Å². The molecule has 1 aromatic rings. The molecule has 0 aromatic heterocycles. The van der Waals surface area contributed by atoms with Crippen LogP contribution in [0, 0.1) is 3.57 Å². The maximum atomic E-state index is 11.9. The van der Waals surface area contributed by atoms with E-state index in [2.05, 4.69) is 32.8 Å². The number of benzene rings is 1. The van der Waals surface area contributed by atoms with Crippen molar-refractivity contribution < 1.29 is 4.79 Å². The number of hydrogen-bond donors (Lipinski definition) is 1. The Morgan fingerprint density at radius 2 is 2.05 bits per heavy atom. The number of nitrogens with zero attached hydrogens (tertiary/aromatic N) is 1. The first kappa shape index (κ1) is 14.8. The van der Waals surface area contributed by atoms with Gasteiger partial charge in [-0.3, -0.25) is 4.79 Å². The summed E-state index contributed by atoms with van der Waals surface area (Å²) in [6.07, 6.45) is 5.07. The molecule has 1 aliphatic rings. The smallest absolute Gasteiger partial charge is 0.251 e. The van der Waals surface area contributed by atoms with Gasteiger partial charge in [-0.25, -0.2) is 0 Å². The van der Waals surface area contributed by atoms with E-state index in [9.17, 15) is 4.79 Å². The molecule has 1 amide bonds. The quantitative estimate of drug-likeness (QED) is 0.637. The standard InChI is InChI=1S/C15H21IN2O/c16-14-7-4-6-13(12-14)15(19)17-8-5-11-18-9-2-1-3-10-18/h4,6-7,12H,1-3,5,8-11H2,(H,17,19). The van der Waals surface area contributed by atoms with Crippen LogP contribution < -0.4 is 5.32 Å². The Kier molecular flexibility index (Phi) is 6.10. The Labute approximate surface area is 128 Å². The highest BCUT2D eigenvalue weighted by Gasteiger charge is 2.09. The SMILES string of the molecule is O=C(NCCCN1CCCCC1)c1cccc(I)c1. The van der Waals surface area contributed by atoms with Crippen LogP contribution in [-0.4, -0.2) is 37.0 Å². The van der Waals surface area contributed by atoms with Gasteiger partial charge in [-0.05, 0) is 79.7 Å². The minimum absolute atomic E-state index is 0.0390. The number of carbonyl (C=O) groups is 1. The van der Waals surface area contributed by atoms with Gasteiger partial charge in [-0.15, -0.1) is 0 Å². The van der Waals surface area contributed by atoms with Crippen LogP contribution in [0.25, 0.3) is 0 Å². The van der Waals surface area contributed by atoms with Crippen LogP contribution in [0.1, 0.15) is 36.0 Å². The molecule has 1 aliphatic heterocycles. The van der Waals surface area contributed by atoms with Crippen LogP contribution in [0.15, 0.2) is 24.3 Å². The largest absolute Gasteiger partial charge is 0.352 e.